The van der Waals surface area contributed by atoms with Gasteiger partial charge in [-0.1, -0.05) is 25.0 Å². The topological polar surface area (TPSA) is 37.3 Å². The van der Waals surface area contributed by atoms with Crippen LogP contribution in [0.4, 0.5) is 0 Å². The zero-order chi connectivity index (χ0) is 11.7. The molecule has 1 saturated carbocycles. The molecule has 0 radical (unpaired) electrons. The summed E-state index contributed by atoms with van der Waals surface area (Å²) < 4.78 is 0. The molecule has 0 saturated heterocycles. The van der Waals surface area contributed by atoms with Crippen molar-refractivity contribution < 1.29 is 9.90 Å². The maximum absolute atomic E-state index is 10.9. The predicted molar refractivity (Wildman–Crippen MR) is 64.1 cm³/mol. The first-order valence-electron chi connectivity index (χ1n) is 6.47. The monoisotopic (exact) mass is 222 g/mol. The molecule has 0 aromatic heterocycles. The fourth-order valence-corrected chi connectivity index (χ4v) is 3.62. The number of rotatable bonds is 2. The van der Waals surface area contributed by atoms with E-state index in [-0.39, 0.29) is 0 Å². The second-order valence-electron chi connectivity index (χ2n) is 5.71. The number of carbonyl (C=O) groups is 1. The molecule has 90 valence electrons. The lowest BCUT2D eigenvalue weighted by molar-refractivity contribution is -0.139. The molecule has 2 aliphatic rings. The van der Waals surface area contributed by atoms with Gasteiger partial charge in [-0.05, 0) is 49.9 Å². The van der Waals surface area contributed by atoms with Crippen molar-refractivity contribution in [3.05, 3.63) is 11.6 Å². The fourth-order valence-electron chi connectivity index (χ4n) is 3.62. The summed E-state index contributed by atoms with van der Waals surface area (Å²) in [5.74, 6) is 1.80. The molecule has 0 aromatic carbocycles. The van der Waals surface area contributed by atoms with E-state index in [0.29, 0.717) is 18.3 Å². The molecule has 0 spiro atoms. The Morgan fingerprint density at radius 3 is 2.88 bits per heavy atom. The van der Waals surface area contributed by atoms with E-state index in [2.05, 4.69) is 19.9 Å². The van der Waals surface area contributed by atoms with Gasteiger partial charge in [-0.25, -0.2) is 0 Å². The normalized spacial score (nSPS) is 38.8. The summed E-state index contributed by atoms with van der Waals surface area (Å²) in [6, 6.07) is 0. The molecule has 1 N–H and O–H groups in total. The van der Waals surface area contributed by atoms with Crippen molar-refractivity contribution in [3.63, 3.8) is 0 Å². The van der Waals surface area contributed by atoms with E-state index >= 15 is 0 Å². The zero-order valence-corrected chi connectivity index (χ0v) is 10.3. The fraction of sp³-hybridized carbons (Fsp3) is 0.786. The lowest BCUT2D eigenvalue weighted by atomic mass is 9.62. The van der Waals surface area contributed by atoms with Gasteiger partial charge in [0.2, 0.25) is 0 Å². The molecule has 4 atom stereocenters. The third kappa shape index (κ3) is 2.31. The molecule has 1 fully saturated rings. The molecule has 0 amide bonds. The first kappa shape index (κ1) is 11.7. The van der Waals surface area contributed by atoms with Crippen LogP contribution in [0.2, 0.25) is 0 Å². The third-order valence-electron chi connectivity index (χ3n) is 4.55. The van der Waals surface area contributed by atoms with Gasteiger partial charge in [-0.3, -0.25) is 4.79 Å². The quantitative estimate of drug-likeness (QED) is 0.726. The zero-order valence-electron chi connectivity index (χ0n) is 10.3. The highest BCUT2D eigenvalue weighted by Crippen LogP contribution is 2.46. The lowest BCUT2D eigenvalue weighted by Gasteiger charge is -2.43. The van der Waals surface area contributed by atoms with Crippen LogP contribution in [0.25, 0.3) is 0 Å². The van der Waals surface area contributed by atoms with Crippen LogP contribution in [0.3, 0.4) is 0 Å². The van der Waals surface area contributed by atoms with Gasteiger partial charge < -0.3 is 5.11 Å². The van der Waals surface area contributed by atoms with E-state index in [0.717, 1.165) is 18.3 Å². The first-order chi connectivity index (χ1) is 7.58. The summed E-state index contributed by atoms with van der Waals surface area (Å²) in [6.07, 6.45) is 7.52. The number of carboxylic acids is 1. The Kier molecular flexibility index (Phi) is 3.36. The molecular formula is C14H22O2. The molecule has 3 unspecified atom stereocenters. The van der Waals surface area contributed by atoms with Crippen LogP contribution in [-0.4, -0.2) is 11.1 Å². The molecule has 2 heteroatoms. The molecular weight excluding hydrogens is 200 g/mol. The summed E-state index contributed by atoms with van der Waals surface area (Å²) >= 11 is 0. The van der Waals surface area contributed by atoms with Gasteiger partial charge in [0, 0.05) is 6.42 Å². The Balaban J connectivity index is 2.15. The van der Waals surface area contributed by atoms with Crippen molar-refractivity contribution in [2.45, 2.75) is 46.0 Å². The van der Waals surface area contributed by atoms with Crippen LogP contribution < -0.4 is 0 Å². The van der Waals surface area contributed by atoms with Gasteiger partial charge in [0.25, 0.3) is 0 Å². The summed E-state index contributed by atoms with van der Waals surface area (Å²) in [4.78, 5) is 10.9. The van der Waals surface area contributed by atoms with Gasteiger partial charge >= 0.3 is 5.97 Å². The van der Waals surface area contributed by atoms with Crippen molar-refractivity contribution >= 4 is 5.97 Å². The third-order valence-corrected chi connectivity index (χ3v) is 4.55. The highest BCUT2D eigenvalue weighted by molar-refractivity contribution is 5.67. The molecule has 16 heavy (non-hydrogen) atoms. The molecule has 2 nitrogen and oxygen atoms in total. The molecule has 2 aliphatic carbocycles. The second-order valence-corrected chi connectivity index (χ2v) is 5.71. The summed E-state index contributed by atoms with van der Waals surface area (Å²) in [5.41, 5.74) is 1.46. The number of allylic oxidation sites excluding steroid dienone is 2. The van der Waals surface area contributed by atoms with Crippen LogP contribution in [0.15, 0.2) is 11.6 Å². The van der Waals surface area contributed by atoms with Crippen LogP contribution in [0, 0.1) is 23.7 Å². The number of hydrogen-bond acceptors (Lipinski definition) is 1. The molecule has 0 aromatic rings. The van der Waals surface area contributed by atoms with Gasteiger partial charge in [0.05, 0.1) is 0 Å². The highest BCUT2D eigenvalue weighted by Gasteiger charge is 2.38. The van der Waals surface area contributed by atoms with Gasteiger partial charge in [0.1, 0.15) is 0 Å². The van der Waals surface area contributed by atoms with Crippen LogP contribution in [-0.2, 0) is 4.79 Å². The minimum atomic E-state index is -0.630. The Hall–Kier alpha value is -0.790. The predicted octanol–water partition coefficient (Wildman–Crippen LogP) is 3.48. The van der Waals surface area contributed by atoms with Crippen molar-refractivity contribution in [3.8, 4) is 0 Å². The van der Waals surface area contributed by atoms with E-state index in [1.54, 1.807) is 0 Å². The van der Waals surface area contributed by atoms with E-state index in [4.69, 9.17) is 5.11 Å². The molecule has 0 aliphatic heterocycles. The average molecular weight is 222 g/mol. The first-order valence-corrected chi connectivity index (χ1v) is 6.47. The Morgan fingerprint density at radius 2 is 2.19 bits per heavy atom. The number of hydrogen-bond donors (Lipinski definition) is 1. The lowest BCUT2D eigenvalue weighted by Crippen LogP contribution is -2.35. The van der Waals surface area contributed by atoms with E-state index in [9.17, 15) is 4.79 Å². The van der Waals surface area contributed by atoms with Gasteiger partial charge in [-0.15, -0.1) is 0 Å². The van der Waals surface area contributed by atoms with Gasteiger partial charge in [-0.2, -0.15) is 0 Å². The smallest absolute Gasteiger partial charge is 0.303 e. The van der Waals surface area contributed by atoms with Crippen molar-refractivity contribution in [2.75, 3.05) is 0 Å². The van der Waals surface area contributed by atoms with Crippen LogP contribution >= 0.6 is 0 Å². The molecule has 2 rings (SSSR count). The Bertz CT molecular complexity index is 306. The van der Waals surface area contributed by atoms with E-state index < -0.39 is 5.97 Å². The largest absolute Gasteiger partial charge is 0.481 e. The molecule has 0 bridgehead atoms. The standard InChI is InChI=1S/C14H22O2/c1-9-3-6-12-10(2)4-5-11(8-14(15)16)13(12)7-9/h7,10-13H,3-6,8H2,1-2H3,(H,15,16)/t10-,11?,12?,13?/m1/s1. The average Bonchev–Trinajstić information content (AvgIpc) is 2.22. The minimum absolute atomic E-state index is 0.359. The van der Waals surface area contributed by atoms with Crippen molar-refractivity contribution in [2.24, 2.45) is 23.7 Å². The second kappa shape index (κ2) is 4.60. The Labute approximate surface area is 97.7 Å². The summed E-state index contributed by atoms with van der Waals surface area (Å²) in [6.45, 7) is 4.52. The molecule has 0 heterocycles. The minimum Gasteiger partial charge on any atom is -0.481 e. The SMILES string of the molecule is CC1=CC2C(CC(=O)O)CC[C@@H](C)C2CC1. The van der Waals surface area contributed by atoms with Crippen LogP contribution in [0.5, 0.6) is 0 Å². The highest BCUT2D eigenvalue weighted by atomic mass is 16.4. The summed E-state index contributed by atoms with van der Waals surface area (Å²) in [5, 5.41) is 8.97. The van der Waals surface area contributed by atoms with Crippen LogP contribution in [0.1, 0.15) is 46.0 Å². The van der Waals surface area contributed by atoms with E-state index in [1.165, 1.54) is 24.8 Å². The van der Waals surface area contributed by atoms with Gasteiger partial charge in [0.15, 0.2) is 0 Å². The number of carboxylic acid groups (broad SMARTS) is 1. The Morgan fingerprint density at radius 1 is 1.44 bits per heavy atom. The summed E-state index contributed by atoms with van der Waals surface area (Å²) in [7, 11) is 0. The van der Waals surface area contributed by atoms with E-state index in [1.807, 2.05) is 0 Å². The number of fused-ring (bicyclic) bond motifs is 1. The number of aliphatic carboxylic acids is 1. The van der Waals surface area contributed by atoms with Crippen molar-refractivity contribution in [1.82, 2.24) is 0 Å². The van der Waals surface area contributed by atoms with Crippen molar-refractivity contribution in [1.29, 1.82) is 0 Å². The maximum atomic E-state index is 10.9. The maximum Gasteiger partial charge on any atom is 0.303 e.